The predicted molar refractivity (Wildman–Crippen MR) is 274 cm³/mol. The summed E-state index contributed by atoms with van der Waals surface area (Å²) in [5.74, 6) is -4.82. The summed E-state index contributed by atoms with van der Waals surface area (Å²) in [6.45, 7) is 11.3. The lowest BCUT2D eigenvalue weighted by atomic mass is 9.84. The molecule has 2 aliphatic rings. The molecule has 5 rings (SSSR count). The molecule has 0 aromatic carbocycles. The maximum Gasteiger partial charge on any atom is 0.310 e. The van der Waals surface area contributed by atoms with Gasteiger partial charge in [-0.2, -0.15) is 8.42 Å². The molecule has 3 aromatic rings. The summed E-state index contributed by atoms with van der Waals surface area (Å²) < 4.78 is 38.1. The number of aromatic amines is 2. The molecule has 21 heteroatoms. The van der Waals surface area contributed by atoms with Crippen LogP contribution in [-0.4, -0.2) is 112 Å². The molecular formula is C51H71N9O11S. The van der Waals surface area contributed by atoms with Crippen molar-refractivity contribution in [3.63, 3.8) is 0 Å². The minimum absolute atomic E-state index is 0.0183. The fourth-order valence-electron chi connectivity index (χ4n) is 9.85. The average Bonchev–Trinajstić information content (AvgIpc) is 4.00. The first-order chi connectivity index (χ1) is 34.0. The summed E-state index contributed by atoms with van der Waals surface area (Å²) in [7, 11) is -3.20. The lowest BCUT2D eigenvalue weighted by Crippen LogP contribution is -2.30. The number of H-pyrrole nitrogens is 2. The first-order valence-corrected chi connectivity index (χ1v) is 26.3. The number of unbranched alkanes of at least 4 members (excludes halogenated alkanes) is 2. The van der Waals surface area contributed by atoms with Crippen LogP contribution >= 0.6 is 0 Å². The number of carboxylic acid groups (broad SMARTS) is 1. The van der Waals surface area contributed by atoms with Crippen LogP contribution in [0.3, 0.4) is 0 Å². The minimum Gasteiger partial charge on any atom is -0.481 e. The summed E-state index contributed by atoms with van der Waals surface area (Å²) in [5.41, 5.74) is 17.1. The highest BCUT2D eigenvalue weighted by Crippen LogP contribution is 2.44. The summed E-state index contributed by atoms with van der Waals surface area (Å²) in [4.78, 5) is 100. The van der Waals surface area contributed by atoms with E-state index < -0.39 is 52.1 Å². The Morgan fingerprint density at radius 3 is 2.12 bits per heavy atom. The molecule has 5 atom stereocenters. The van der Waals surface area contributed by atoms with Gasteiger partial charge in [0, 0.05) is 108 Å². The molecule has 2 amide bonds. The molecule has 0 aliphatic carbocycles. The number of nitrogens with two attached hydrogens (primary N) is 2. The summed E-state index contributed by atoms with van der Waals surface area (Å²) in [6.07, 6.45) is 3.82. The second kappa shape index (κ2) is 25.3. The Bertz CT molecular complexity index is 2850. The van der Waals surface area contributed by atoms with E-state index in [9.17, 15) is 46.8 Å². The zero-order valence-corrected chi connectivity index (χ0v) is 43.2. The molecule has 10 N–H and O–H groups in total. The number of hydrogen-bond donors (Lipinski definition) is 8. The molecular weight excluding hydrogens is 947 g/mol. The van der Waals surface area contributed by atoms with Crippen molar-refractivity contribution in [1.82, 2.24) is 30.6 Å². The van der Waals surface area contributed by atoms with Gasteiger partial charge >= 0.3 is 11.9 Å². The van der Waals surface area contributed by atoms with Crippen molar-refractivity contribution in [2.24, 2.45) is 22.4 Å². The largest absolute Gasteiger partial charge is 0.481 e. The van der Waals surface area contributed by atoms with E-state index in [0.29, 0.717) is 88.1 Å². The number of amides is 2. The molecule has 2 aliphatic heterocycles. The van der Waals surface area contributed by atoms with E-state index in [1.165, 1.54) is 14.0 Å². The molecule has 0 saturated heterocycles. The fraction of sp³-hybridized carbons (Fsp3) is 0.549. The Balaban J connectivity index is 1.61. The third-order valence-corrected chi connectivity index (χ3v) is 14.7. The van der Waals surface area contributed by atoms with Crippen LogP contribution < -0.4 is 22.1 Å². The van der Waals surface area contributed by atoms with E-state index in [4.69, 9.17) is 26.2 Å². The highest BCUT2D eigenvalue weighted by Gasteiger charge is 2.35. The first-order valence-electron chi connectivity index (χ1n) is 24.7. The molecule has 0 saturated carbocycles. The lowest BCUT2D eigenvalue weighted by Gasteiger charge is -2.20. The molecule has 0 radical (unpaired) electrons. The number of carbonyl (C=O) groups is 6. The number of aliphatic carboxylic acids is 1. The van der Waals surface area contributed by atoms with Crippen molar-refractivity contribution in [3.05, 3.63) is 68.8 Å². The van der Waals surface area contributed by atoms with Gasteiger partial charge in [-0.3, -0.25) is 48.3 Å². The van der Waals surface area contributed by atoms with E-state index in [1.54, 1.807) is 6.92 Å². The van der Waals surface area contributed by atoms with Crippen molar-refractivity contribution in [2.45, 2.75) is 142 Å². The monoisotopic (exact) mass is 1020 g/mol. The quantitative estimate of drug-likeness (QED) is 0.0117. The molecule has 392 valence electrons. The Morgan fingerprint density at radius 2 is 1.47 bits per heavy atom. The number of ketones is 2. The first kappa shape index (κ1) is 56.4. The SMILES string of the molecule is CC[C@H]1c2cc3[nH]c(c(CC(=O)OC)c4nc(cc5[nH]c(cc(n2)C1C)c(C(C)=O)c5C)C(C)[C@@H]4CCC(=O)NCC(CCC(=O)O)CCC(=O)CCCCCN=C(N)N)c(C(=O)NCCS(=O)(=O)O)c3C. The molecule has 72 heavy (non-hydrogen) atoms. The number of rotatable bonds is 25. The summed E-state index contributed by atoms with van der Waals surface area (Å²) in [5, 5.41) is 15.1. The number of nitrogens with zero attached hydrogens (tertiary/aromatic N) is 3. The van der Waals surface area contributed by atoms with Crippen LogP contribution in [0.5, 0.6) is 0 Å². The number of aryl methyl sites for hydroxylation is 2. The van der Waals surface area contributed by atoms with Gasteiger partial charge in [-0.25, -0.2) is 0 Å². The zero-order chi connectivity index (χ0) is 53.0. The molecule has 0 fully saturated rings. The summed E-state index contributed by atoms with van der Waals surface area (Å²) in [6, 6.07) is 5.60. The fourth-order valence-corrected chi connectivity index (χ4v) is 10.2. The van der Waals surface area contributed by atoms with Crippen LogP contribution in [0.25, 0.3) is 22.1 Å². The topological polar surface area (TPSA) is 332 Å². The van der Waals surface area contributed by atoms with Crippen molar-refractivity contribution in [1.29, 1.82) is 0 Å². The zero-order valence-electron chi connectivity index (χ0n) is 42.4. The van der Waals surface area contributed by atoms with Gasteiger partial charge in [0.05, 0.1) is 41.6 Å². The van der Waals surface area contributed by atoms with Crippen molar-refractivity contribution < 1.29 is 51.6 Å². The van der Waals surface area contributed by atoms with Crippen LogP contribution in [0.2, 0.25) is 0 Å². The van der Waals surface area contributed by atoms with Crippen molar-refractivity contribution in [3.8, 4) is 0 Å². The number of carbonyl (C=O) groups excluding carboxylic acids is 5. The van der Waals surface area contributed by atoms with Gasteiger partial charge in [0.25, 0.3) is 16.0 Å². The Kier molecular flexibility index (Phi) is 19.8. The van der Waals surface area contributed by atoms with Crippen LogP contribution in [0.1, 0.15) is 182 Å². The standard InChI is InChI=1S/C51H71N9O11S/c1-8-34-27(2)37-25-42-46(31(6)61)29(4)39(58-42)23-38-28(3)35(16-17-43(63)56-26-32(14-18-44(64)65)13-15-33(62)12-10-9-11-19-55-51(52)53)48(59-38)36(22-45(66)71-7)49-47(50(67)54-20-21-72(68,69)70)30(5)40(60-49)24-41(34)57-37/h23-25,27-28,32,34-35,58,60H,8-22,26H2,1-7H3,(H,54,67)(H,56,63)(H,64,65)(H4,52,53,55)(H,68,69,70)/t27?,28?,32?,34-,35+/m1/s1. The van der Waals surface area contributed by atoms with E-state index in [0.717, 1.165) is 18.5 Å². The van der Waals surface area contributed by atoms with Crippen LogP contribution in [-0.2, 0) is 40.5 Å². The average molecular weight is 1020 g/mol. The van der Waals surface area contributed by atoms with Gasteiger partial charge in [-0.1, -0.05) is 27.2 Å². The minimum atomic E-state index is -4.43. The number of carboxylic acids is 1. The van der Waals surface area contributed by atoms with Gasteiger partial charge in [0.15, 0.2) is 11.7 Å². The maximum absolute atomic E-state index is 14.3. The van der Waals surface area contributed by atoms with Crippen molar-refractivity contribution in [2.75, 3.05) is 32.5 Å². The second-order valence-corrected chi connectivity index (χ2v) is 20.6. The van der Waals surface area contributed by atoms with E-state index >= 15 is 0 Å². The number of aliphatic imine (C=N–C) groups is 1. The van der Waals surface area contributed by atoms with Gasteiger partial charge in [-0.05, 0) is 94.5 Å². The summed E-state index contributed by atoms with van der Waals surface area (Å²) >= 11 is 0. The molecule has 20 nitrogen and oxygen atoms in total. The number of methoxy groups -OCH3 is 1. The Hall–Kier alpha value is -6.48. The number of nitrogens with one attached hydrogen (secondary N) is 4. The molecule has 3 unspecified atom stereocenters. The molecule has 0 spiro atoms. The molecule has 3 aromatic heterocycles. The van der Waals surface area contributed by atoms with Gasteiger partial charge in [0.1, 0.15) is 5.78 Å². The predicted octanol–water partition coefficient (Wildman–Crippen LogP) is 6.21. The van der Waals surface area contributed by atoms with Crippen molar-refractivity contribution >= 4 is 73.5 Å². The number of guanidine groups is 1. The number of fused-ring (bicyclic) bond motifs is 8. The highest BCUT2D eigenvalue weighted by atomic mass is 32.2. The smallest absolute Gasteiger partial charge is 0.310 e. The van der Waals surface area contributed by atoms with Gasteiger partial charge in [-0.15, -0.1) is 0 Å². The second-order valence-electron chi connectivity index (χ2n) is 19.0. The van der Waals surface area contributed by atoms with E-state index in [-0.39, 0.29) is 97.3 Å². The van der Waals surface area contributed by atoms with E-state index in [1.807, 2.05) is 39.0 Å². The third kappa shape index (κ3) is 14.8. The van der Waals surface area contributed by atoms with Crippen LogP contribution in [0.4, 0.5) is 0 Å². The third-order valence-electron chi connectivity index (χ3n) is 14.0. The number of Topliss-reactive ketones (excluding diaryl/α,β-unsaturated/α-hetero) is 2. The normalized spacial score (nSPS) is 16.9. The molecule has 5 heterocycles. The van der Waals surface area contributed by atoms with Gasteiger partial charge in [0.2, 0.25) is 5.91 Å². The van der Waals surface area contributed by atoms with Crippen LogP contribution in [0.15, 0.2) is 23.2 Å². The van der Waals surface area contributed by atoms with Crippen LogP contribution in [0, 0.1) is 19.8 Å². The maximum atomic E-state index is 14.3. The van der Waals surface area contributed by atoms with Gasteiger partial charge < -0.3 is 41.9 Å². The number of aromatic nitrogens is 4. The lowest BCUT2D eigenvalue weighted by molar-refractivity contribution is -0.140. The molecule has 8 bridgehead atoms. The Morgan fingerprint density at radius 1 is 0.833 bits per heavy atom. The number of ether oxygens (including phenoxy) is 1. The number of hydrogen-bond acceptors (Lipinski definition) is 12. The Labute approximate surface area is 420 Å². The van der Waals surface area contributed by atoms with E-state index in [2.05, 4.69) is 32.5 Å². The highest BCUT2D eigenvalue weighted by molar-refractivity contribution is 7.85. The number of esters is 1.